The first-order chi connectivity index (χ1) is 11.6. The lowest BCUT2D eigenvalue weighted by Gasteiger charge is -2.12. The fraction of sp³-hybridized carbons (Fsp3) is 0.278. The van der Waals surface area contributed by atoms with E-state index in [1.807, 2.05) is 0 Å². The van der Waals surface area contributed by atoms with Crippen molar-refractivity contribution in [1.29, 1.82) is 0 Å². The van der Waals surface area contributed by atoms with Gasteiger partial charge in [-0.05, 0) is 55.3 Å². The summed E-state index contributed by atoms with van der Waals surface area (Å²) in [7, 11) is 0. The number of amides is 1. The van der Waals surface area contributed by atoms with Gasteiger partial charge in [0, 0.05) is 17.2 Å². The van der Waals surface area contributed by atoms with E-state index in [2.05, 4.69) is 5.32 Å². The number of ether oxygens (including phenoxy) is 2. The van der Waals surface area contributed by atoms with E-state index < -0.39 is 0 Å². The van der Waals surface area contributed by atoms with Crippen molar-refractivity contribution in [2.75, 3.05) is 18.5 Å². The quantitative estimate of drug-likeness (QED) is 0.827. The molecular formula is C18H17Cl2NO3. The Kier molecular flexibility index (Phi) is 5.61. The Bertz CT molecular complexity index is 713. The molecule has 1 saturated heterocycles. The number of benzene rings is 2. The Morgan fingerprint density at radius 3 is 2.71 bits per heavy atom. The Hall–Kier alpha value is -1.75. The molecule has 0 spiro atoms. The Morgan fingerprint density at radius 1 is 1.21 bits per heavy atom. The van der Waals surface area contributed by atoms with Gasteiger partial charge in [-0.25, -0.2) is 0 Å². The minimum Gasteiger partial charge on any atom is -0.491 e. The molecule has 1 N–H and O–H groups in total. The Morgan fingerprint density at radius 2 is 2.00 bits per heavy atom. The van der Waals surface area contributed by atoms with Gasteiger partial charge in [0.05, 0.1) is 16.8 Å². The summed E-state index contributed by atoms with van der Waals surface area (Å²) < 4.78 is 11.2. The molecule has 6 heteroatoms. The van der Waals surface area contributed by atoms with Crippen LogP contribution in [0.3, 0.4) is 0 Å². The first-order valence-electron chi connectivity index (χ1n) is 7.73. The predicted octanol–water partition coefficient (Wildman–Crippen LogP) is 4.80. The zero-order valence-electron chi connectivity index (χ0n) is 12.9. The van der Waals surface area contributed by atoms with Crippen LogP contribution in [-0.4, -0.2) is 25.2 Å². The molecule has 0 aliphatic carbocycles. The van der Waals surface area contributed by atoms with E-state index in [0.717, 1.165) is 19.4 Å². The molecule has 1 heterocycles. The van der Waals surface area contributed by atoms with Gasteiger partial charge in [0.2, 0.25) is 0 Å². The topological polar surface area (TPSA) is 47.6 Å². The molecule has 1 unspecified atom stereocenters. The summed E-state index contributed by atoms with van der Waals surface area (Å²) >= 11 is 12.0. The summed E-state index contributed by atoms with van der Waals surface area (Å²) in [4.78, 5) is 12.3. The maximum Gasteiger partial charge on any atom is 0.255 e. The summed E-state index contributed by atoms with van der Waals surface area (Å²) in [6.07, 6.45) is 2.28. The van der Waals surface area contributed by atoms with Crippen molar-refractivity contribution >= 4 is 34.8 Å². The number of nitrogens with one attached hydrogen (secondary N) is 1. The van der Waals surface area contributed by atoms with Crippen molar-refractivity contribution in [2.24, 2.45) is 0 Å². The molecule has 2 aromatic carbocycles. The zero-order valence-corrected chi connectivity index (χ0v) is 14.4. The van der Waals surface area contributed by atoms with Crippen LogP contribution in [0.4, 0.5) is 5.69 Å². The van der Waals surface area contributed by atoms with Crippen molar-refractivity contribution in [3.8, 4) is 5.75 Å². The second-order valence-electron chi connectivity index (χ2n) is 5.55. The third-order valence-electron chi connectivity index (χ3n) is 3.75. The molecule has 2 aromatic rings. The second kappa shape index (κ2) is 7.88. The fourth-order valence-electron chi connectivity index (χ4n) is 2.46. The molecule has 1 aliphatic heterocycles. The third kappa shape index (κ3) is 4.41. The number of carbonyl (C=O) groups is 1. The fourth-order valence-corrected chi connectivity index (χ4v) is 2.79. The van der Waals surface area contributed by atoms with Gasteiger partial charge in [-0.2, -0.15) is 0 Å². The van der Waals surface area contributed by atoms with Crippen molar-refractivity contribution < 1.29 is 14.3 Å². The lowest BCUT2D eigenvalue weighted by atomic mass is 10.2. The number of halogens is 2. The molecule has 0 aromatic heterocycles. The van der Waals surface area contributed by atoms with Crippen LogP contribution in [0.2, 0.25) is 10.0 Å². The Balaban J connectivity index is 1.59. The van der Waals surface area contributed by atoms with Crippen LogP contribution in [0, 0.1) is 0 Å². The molecule has 0 saturated carbocycles. The van der Waals surface area contributed by atoms with Crippen molar-refractivity contribution in [1.82, 2.24) is 0 Å². The van der Waals surface area contributed by atoms with Gasteiger partial charge in [-0.15, -0.1) is 0 Å². The van der Waals surface area contributed by atoms with E-state index in [4.69, 9.17) is 32.7 Å². The molecule has 1 fully saturated rings. The standard InChI is InChI=1S/C18H17Cl2NO3/c19-13-5-8-16(20)17(10-13)21-18(22)12-3-6-14(7-4-12)24-11-15-2-1-9-23-15/h3-8,10,15H,1-2,9,11H2,(H,21,22). The minimum atomic E-state index is -0.259. The molecule has 3 rings (SSSR count). The molecule has 0 radical (unpaired) electrons. The maximum absolute atomic E-state index is 12.3. The highest BCUT2D eigenvalue weighted by Crippen LogP contribution is 2.26. The second-order valence-corrected chi connectivity index (χ2v) is 6.39. The smallest absolute Gasteiger partial charge is 0.255 e. The van der Waals surface area contributed by atoms with Crippen molar-refractivity contribution in [3.63, 3.8) is 0 Å². The minimum absolute atomic E-state index is 0.165. The van der Waals surface area contributed by atoms with Gasteiger partial charge < -0.3 is 14.8 Å². The first kappa shape index (κ1) is 17.1. The number of carbonyl (C=O) groups excluding carboxylic acids is 1. The van der Waals surface area contributed by atoms with Crippen LogP contribution in [0.5, 0.6) is 5.75 Å². The van der Waals surface area contributed by atoms with Crippen LogP contribution >= 0.6 is 23.2 Å². The van der Waals surface area contributed by atoms with Crippen LogP contribution < -0.4 is 10.1 Å². The average Bonchev–Trinajstić information content (AvgIpc) is 3.10. The van der Waals surface area contributed by atoms with Gasteiger partial charge in [0.15, 0.2) is 0 Å². The molecule has 4 nitrogen and oxygen atoms in total. The van der Waals surface area contributed by atoms with Crippen LogP contribution in [0.15, 0.2) is 42.5 Å². The van der Waals surface area contributed by atoms with Gasteiger partial charge in [-0.1, -0.05) is 23.2 Å². The number of hydrogen-bond acceptors (Lipinski definition) is 3. The lowest BCUT2D eigenvalue weighted by molar-refractivity contribution is 0.0679. The number of hydrogen-bond donors (Lipinski definition) is 1. The highest BCUT2D eigenvalue weighted by atomic mass is 35.5. The summed E-state index contributed by atoms with van der Waals surface area (Å²) in [5.74, 6) is 0.452. The van der Waals surface area contributed by atoms with E-state index in [0.29, 0.717) is 33.7 Å². The molecule has 126 valence electrons. The lowest BCUT2D eigenvalue weighted by Crippen LogP contribution is -2.16. The Labute approximate surface area is 150 Å². The average molecular weight is 366 g/mol. The van der Waals surface area contributed by atoms with E-state index >= 15 is 0 Å². The van der Waals surface area contributed by atoms with Crippen LogP contribution in [-0.2, 0) is 4.74 Å². The molecule has 1 amide bonds. The number of anilines is 1. The largest absolute Gasteiger partial charge is 0.491 e. The zero-order chi connectivity index (χ0) is 16.9. The van der Waals surface area contributed by atoms with Crippen molar-refractivity contribution in [3.05, 3.63) is 58.1 Å². The monoisotopic (exact) mass is 365 g/mol. The highest BCUT2D eigenvalue weighted by Gasteiger charge is 2.16. The van der Waals surface area contributed by atoms with E-state index in [-0.39, 0.29) is 12.0 Å². The SMILES string of the molecule is O=C(Nc1cc(Cl)ccc1Cl)c1ccc(OCC2CCCO2)cc1. The summed E-state index contributed by atoms with van der Waals surface area (Å²) in [6, 6.07) is 11.9. The van der Waals surface area contributed by atoms with E-state index in [1.54, 1.807) is 42.5 Å². The van der Waals surface area contributed by atoms with E-state index in [1.165, 1.54) is 0 Å². The predicted molar refractivity (Wildman–Crippen MR) is 95.3 cm³/mol. The van der Waals surface area contributed by atoms with Crippen molar-refractivity contribution in [2.45, 2.75) is 18.9 Å². The molecular weight excluding hydrogens is 349 g/mol. The normalized spacial score (nSPS) is 16.8. The number of rotatable bonds is 5. The summed E-state index contributed by atoms with van der Waals surface area (Å²) in [5.41, 5.74) is 0.989. The maximum atomic E-state index is 12.3. The highest BCUT2D eigenvalue weighted by molar-refractivity contribution is 6.35. The summed E-state index contributed by atoms with van der Waals surface area (Å²) in [6.45, 7) is 1.34. The van der Waals surface area contributed by atoms with Gasteiger partial charge in [0.1, 0.15) is 12.4 Å². The summed E-state index contributed by atoms with van der Waals surface area (Å²) in [5, 5.41) is 3.69. The molecule has 1 atom stereocenters. The molecule has 0 bridgehead atoms. The van der Waals surface area contributed by atoms with Crippen LogP contribution in [0.1, 0.15) is 23.2 Å². The van der Waals surface area contributed by atoms with Crippen LogP contribution in [0.25, 0.3) is 0 Å². The molecule has 1 aliphatic rings. The third-order valence-corrected chi connectivity index (χ3v) is 4.32. The first-order valence-corrected chi connectivity index (χ1v) is 8.48. The van der Waals surface area contributed by atoms with Gasteiger partial charge in [-0.3, -0.25) is 4.79 Å². The van der Waals surface area contributed by atoms with Gasteiger partial charge in [0.25, 0.3) is 5.91 Å². The van der Waals surface area contributed by atoms with E-state index in [9.17, 15) is 4.79 Å². The molecule has 24 heavy (non-hydrogen) atoms. The van der Waals surface area contributed by atoms with Gasteiger partial charge >= 0.3 is 0 Å².